The highest BCUT2D eigenvalue weighted by molar-refractivity contribution is 5.95. The molecule has 96 valence electrons. The SMILES string of the molecule is NC(=O)c1ccccc1OCC(=O)C1CCCC1. The fourth-order valence-electron chi connectivity index (χ4n) is 2.31. The Balaban J connectivity index is 1.97. The zero-order valence-electron chi connectivity index (χ0n) is 10.2. The summed E-state index contributed by atoms with van der Waals surface area (Å²) in [5.74, 6) is 0.0905. The molecule has 4 nitrogen and oxygen atoms in total. The Morgan fingerprint density at radius 2 is 1.89 bits per heavy atom. The van der Waals surface area contributed by atoms with Gasteiger partial charge in [-0.15, -0.1) is 0 Å². The second-order valence-corrected chi connectivity index (χ2v) is 4.60. The lowest BCUT2D eigenvalue weighted by molar-refractivity contribution is -0.124. The van der Waals surface area contributed by atoms with Gasteiger partial charge >= 0.3 is 0 Å². The van der Waals surface area contributed by atoms with Gasteiger partial charge in [-0.3, -0.25) is 9.59 Å². The molecule has 1 aromatic rings. The lowest BCUT2D eigenvalue weighted by Gasteiger charge is -2.11. The van der Waals surface area contributed by atoms with Gasteiger partial charge in [-0.1, -0.05) is 25.0 Å². The molecule has 0 aliphatic heterocycles. The van der Waals surface area contributed by atoms with Gasteiger partial charge in [0.15, 0.2) is 5.78 Å². The molecule has 1 fully saturated rings. The van der Waals surface area contributed by atoms with Gasteiger partial charge in [0.05, 0.1) is 5.56 Å². The van der Waals surface area contributed by atoms with E-state index in [1.807, 2.05) is 0 Å². The van der Waals surface area contributed by atoms with E-state index in [9.17, 15) is 9.59 Å². The number of rotatable bonds is 5. The Hall–Kier alpha value is -1.84. The number of para-hydroxylation sites is 1. The number of Topliss-reactive ketones (excluding diaryl/α,β-unsaturated/α-hetero) is 1. The first-order valence-electron chi connectivity index (χ1n) is 6.23. The quantitative estimate of drug-likeness (QED) is 0.864. The molecule has 1 saturated carbocycles. The summed E-state index contributed by atoms with van der Waals surface area (Å²) in [5, 5.41) is 0. The molecule has 0 radical (unpaired) electrons. The molecule has 4 heteroatoms. The number of ketones is 1. The molecular formula is C14H17NO3. The van der Waals surface area contributed by atoms with E-state index < -0.39 is 5.91 Å². The van der Waals surface area contributed by atoms with Crippen molar-refractivity contribution in [3.8, 4) is 5.75 Å². The van der Waals surface area contributed by atoms with Crippen LogP contribution in [0.4, 0.5) is 0 Å². The minimum atomic E-state index is -0.543. The van der Waals surface area contributed by atoms with Gasteiger partial charge in [-0.2, -0.15) is 0 Å². The molecule has 0 unspecified atom stereocenters. The maximum atomic E-state index is 11.9. The third-order valence-corrected chi connectivity index (χ3v) is 3.33. The summed E-state index contributed by atoms with van der Waals surface area (Å²) in [7, 11) is 0. The summed E-state index contributed by atoms with van der Waals surface area (Å²) >= 11 is 0. The van der Waals surface area contributed by atoms with Gasteiger partial charge < -0.3 is 10.5 Å². The van der Waals surface area contributed by atoms with Crippen molar-refractivity contribution >= 4 is 11.7 Å². The summed E-state index contributed by atoms with van der Waals surface area (Å²) in [4.78, 5) is 23.0. The van der Waals surface area contributed by atoms with E-state index in [4.69, 9.17) is 10.5 Å². The van der Waals surface area contributed by atoms with Crippen LogP contribution in [-0.4, -0.2) is 18.3 Å². The van der Waals surface area contributed by atoms with E-state index in [0.29, 0.717) is 11.3 Å². The number of ether oxygens (including phenoxy) is 1. The van der Waals surface area contributed by atoms with Gasteiger partial charge in [0, 0.05) is 5.92 Å². The highest BCUT2D eigenvalue weighted by Gasteiger charge is 2.23. The number of benzene rings is 1. The van der Waals surface area contributed by atoms with Crippen LogP contribution in [0.1, 0.15) is 36.0 Å². The standard InChI is InChI=1S/C14H17NO3/c15-14(17)11-7-3-4-8-13(11)18-9-12(16)10-5-1-2-6-10/h3-4,7-8,10H,1-2,5-6,9H2,(H2,15,17). The number of carbonyl (C=O) groups is 2. The second kappa shape index (κ2) is 5.67. The van der Waals surface area contributed by atoms with E-state index in [2.05, 4.69) is 0 Å². The summed E-state index contributed by atoms with van der Waals surface area (Å²) in [6.45, 7) is 0.0228. The summed E-state index contributed by atoms with van der Waals surface area (Å²) in [5.41, 5.74) is 5.56. The third kappa shape index (κ3) is 2.88. The van der Waals surface area contributed by atoms with Crippen LogP contribution in [0.3, 0.4) is 0 Å². The molecular weight excluding hydrogens is 230 g/mol. The summed E-state index contributed by atoms with van der Waals surface area (Å²) in [6, 6.07) is 6.72. The van der Waals surface area contributed by atoms with Crippen LogP contribution < -0.4 is 10.5 Å². The minimum absolute atomic E-state index is 0.0228. The van der Waals surface area contributed by atoms with Gasteiger partial charge in [-0.25, -0.2) is 0 Å². The van der Waals surface area contributed by atoms with Gasteiger partial charge in [0.1, 0.15) is 12.4 Å². The highest BCUT2D eigenvalue weighted by Crippen LogP contribution is 2.26. The Bertz CT molecular complexity index is 450. The Labute approximate surface area is 106 Å². The number of hydrogen-bond acceptors (Lipinski definition) is 3. The monoisotopic (exact) mass is 247 g/mol. The summed E-state index contributed by atoms with van der Waals surface area (Å²) in [6.07, 6.45) is 4.15. The van der Waals surface area contributed by atoms with E-state index in [1.165, 1.54) is 0 Å². The third-order valence-electron chi connectivity index (χ3n) is 3.33. The van der Waals surface area contributed by atoms with Crippen molar-refractivity contribution in [1.82, 2.24) is 0 Å². The Morgan fingerprint density at radius 1 is 1.22 bits per heavy atom. The Kier molecular flexibility index (Phi) is 3.97. The number of primary amides is 1. The van der Waals surface area contributed by atoms with Gasteiger partial charge in [0.25, 0.3) is 5.91 Å². The number of hydrogen-bond donors (Lipinski definition) is 1. The molecule has 2 N–H and O–H groups in total. The first kappa shape index (κ1) is 12.6. The molecule has 0 atom stereocenters. The van der Waals surface area contributed by atoms with E-state index >= 15 is 0 Å². The zero-order chi connectivity index (χ0) is 13.0. The molecule has 0 bridgehead atoms. The average Bonchev–Trinajstić information content (AvgIpc) is 2.90. The molecule has 2 rings (SSSR count). The number of carbonyl (C=O) groups excluding carboxylic acids is 2. The van der Waals surface area contributed by atoms with E-state index in [1.54, 1.807) is 24.3 Å². The molecule has 0 aromatic heterocycles. The molecule has 1 aliphatic rings. The van der Waals surface area contributed by atoms with Crippen molar-refractivity contribution in [2.45, 2.75) is 25.7 Å². The van der Waals surface area contributed by atoms with Crippen molar-refractivity contribution in [3.63, 3.8) is 0 Å². The normalized spacial score (nSPS) is 15.6. The maximum absolute atomic E-state index is 11.9. The predicted molar refractivity (Wildman–Crippen MR) is 67.4 cm³/mol. The highest BCUT2D eigenvalue weighted by atomic mass is 16.5. The molecule has 0 spiro atoms. The predicted octanol–water partition coefficient (Wildman–Crippen LogP) is 1.92. The van der Waals surface area contributed by atoms with Crippen molar-refractivity contribution in [3.05, 3.63) is 29.8 Å². The van der Waals surface area contributed by atoms with Gasteiger partial charge in [0.2, 0.25) is 0 Å². The van der Waals surface area contributed by atoms with Crippen molar-refractivity contribution < 1.29 is 14.3 Å². The second-order valence-electron chi connectivity index (χ2n) is 4.60. The first-order valence-corrected chi connectivity index (χ1v) is 6.23. The molecule has 0 saturated heterocycles. The topological polar surface area (TPSA) is 69.4 Å². The molecule has 18 heavy (non-hydrogen) atoms. The largest absolute Gasteiger partial charge is 0.485 e. The molecule has 0 heterocycles. The van der Waals surface area contributed by atoms with Crippen LogP contribution in [0.25, 0.3) is 0 Å². The van der Waals surface area contributed by atoms with Crippen LogP contribution in [0, 0.1) is 5.92 Å². The summed E-state index contributed by atoms with van der Waals surface area (Å²) < 4.78 is 5.42. The smallest absolute Gasteiger partial charge is 0.252 e. The van der Waals surface area contributed by atoms with Crippen molar-refractivity contribution in [2.24, 2.45) is 11.7 Å². The first-order chi connectivity index (χ1) is 8.68. The fraction of sp³-hybridized carbons (Fsp3) is 0.429. The lowest BCUT2D eigenvalue weighted by Crippen LogP contribution is -2.20. The zero-order valence-corrected chi connectivity index (χ0v) is 10.2. The average molecular weight is 247 g/mol. The molecule has 1 aromatic carbocycles. The van der Waals surface area contributed by atoms with Crippen LogP contribution in [0.2, 0.25) is 0 Å². The van der Waals surface area contributed by atoms with Crippen molar-refractivity contribution in [1.29, 1.82) is 0 Å². The molecule has 1 amide bonds. The van der Waals surface area contributed by atoms with Crippen LogP contribution in [0.5, 0.6) is 5.75 Å². The number of amides is 1. The van der Waals surface area contributed by atoms with Crippen LogP contribution in [0.15, 0.2) is 24.3 Å². The van der Waals surface area contributed by atoms with Gasteiger partial charge in [-0.05, 0) is 25.0 Å². The van der Waals surface area contributed by atoms with Crippen molar-refractivity contribution in [2.75, 3.05) is 6.61 Å². The maximum Gasteiger partial charge on any atom is 0.252 e. The molecule has 1 aliphatic carbocycles. The fourth-order valence-corrected chi connectivity index (χ4v) is 2.31. The Morgan fingerprint density at radius 3 is 2.56 bits per heavy atom. The lowest BCUT2D eigenvalue weighted by atomic mass is 10.0. The minimum Gasteiger partial charge on any atom is -0.485 e. The van der Waals surface area contributed by atoms with E-state index in [-0.39, 0.29) is 18.3 Å². The van der Waals surface area contributed by atoms with Crippen LogP contribution in [-0.2, 0) is 4.79 Å². The van der Waals surface area contributed by atoms with Crippen LogP contribution >= 0.6 is 0 Å². The van der Waals surface area contributed by atoms with E-state index in [0.717, 1.165) is 25.7 Å². The number of nitrogens with two attached hydrogens (primary N) is 1.